The van der Waals surface area contributed by atoms with E-state index in [-0.39, 0.29) is 11.8 Å². The summed E-state index contributed by atoms with van der Waals surface area (Å²) in [6, 6.07) is 17.6. The van der Waals surface area contributed by atoms with Gasteiger partial charge in [0.25, 0.3) is 5.91 Å². The molecule has 1 aliphatic heterocycles. The fraction of sp³-hybridized carbons (Fsp3) is 0.350. The predicted octanol–water partition coefficient (Wildman–Crippen LogP) is 3.30. The van der Waals surface area contributed by atoms with Crippen LogP contribution in [0.4, 0.5) is 0 Å². The minimum Gasteiger partial charge on any atom is -0.352 e. The number of hydrogen-bond donors (Lipinski definition) is 1. The number of carbonyl (C=O) groups is 1. The lowest BCUT2D eigenvalue weighted by atomic mass is 10.0. The van der Waals surface area contributed by atoms with Crippen LogP contribution in [0.3, 0.4) is 0 Å². The zero-order valence-electron chi connectivity index (χ0n) is 14.1. The molecular weight excluding hydrogens is 334 g/mol. The molecule has 5 heteroatoms. The summed E-state index contributed by atoms with van der Waals surface area (Å²) < 4.78 is 22.9. The lowest BCUT2D eigenvalue weighted by molar-refractivity contribution is 0.0952. The number of hydrogen-bond acceptors (Lipinski definition) is 3. The summed E-state index contributed by atoms with van der Waals surface area (Å²) >= 11 is 0. The molecule has 4 nitrogen and oxygen atoms in total. The standard InChI is InChI=1S/C20H23NO3S/c22-20(21-12-5-6-16-11-13-25(23,24)15-16)19-10-4-9-18(14-19)17-7-2-1-3-8-17/h1-4,7-10,14,16H,5-6,11-13,15H2,(H,21,22). The van der Waals surface area contributed by atoms with Crippen LogP contribution in [-0.4, -0.2) is 32.4 Å². The third-order valence-electron chi connectivity index (χ3n) is 4.63. The summed E-state index contributed by atoms with van der Waals surface area (Å²) in [6.45, 7) is 0.574. The van der Waals surface area contributed by atoms with Gasteiger partial charge >= 0.3 is 0 Å². The van der Waals surface area contributed by atoms with Crippen molar-refractivity contribution >= 4 is 15.7 Å². The molecule has 2 aromatic rings. The first-order chi connectivity index (χ1) is 12.0. The monoisotopic (exact) mass is 357 g/mol. The molecule has 0 spiro atoms. The van der Waals surface area contributed by atoms with Crippen LogP contribution in [0.5, 0.6) is 0 Å². The number of amides is 1. The maximum Gasteiger partial charge on any atom is 0.251 e. The van der Waals surface area contributed by atoms with Gasteiger partial charge in [0.2, 0.25) is 0 Å². The first-order valence-electron chi connectivity index (χ1n) is 8.68. The van der Waals surface area contributed by atoms with E-state index in [2.05, 4.69) is 5.32 Å². The van der Waals surface area contributed by atoms with E-state index in [1.807, 2.05) is 54.6 Å². The minimum atomic E-state index is -2.81. The molecule has 1 atom stereocenters. The zero-order valence-corrected chi connectivity index (χ0v) is 15.0. The fourth-order valence-electron chi connectivity index (χ4n) is 3.26. The second kappa shape index (κ2) is 7.83. The molecule has 1 aliphatic rings. The van der Waals surface area contributed by atoms with Crippen molar-refractivity contribution in [1.82, 2.24) is 5.32 Å². The van der Waals surface area contributed by atoms with Gasteiger partial charge in [-0.1, -0.05) is 42.5 Å². The van der Waals surface area contributed by atoms with Gasteiger partial charge in [0.15, 0.2) is 9.84 Å². The second-order valence-corrected chi connectivity index (χ2v) is 8.84. The van der Waals surface area contributed by atoms with E-state index in [0.29, 0.717) is 23.6 Å². The van der Waals surface area contributed by atoms with E-state index in [1.54, 1.807) is 0 Å². The topological polar surface area (TPSA) is 63.2 Å². The van der Waals surface area contributed by atoms with Crippen LogP contribution in [0, 0.1) is 5.92 Å². The molecule has 1 saturated heterocycles. The fourth-order valence-corrected chi connectivity index (χ4v) is 5.18. The Morgan fingerprint density at radius 1 is 1.04 bits per heavy atom. The Morgan fingerprint density at radius 2 is 1.80 bits per heavy atom. The third-order valence-corrected chi connectivity index (χ3v) is 6.47. The lowest BCUT2D eigenvalue weighted by Crippen LogP contribution is -2.24. The molecule has 0 bridgehead atoms. The van der Waals surface area contributed by atoms with Gasteiger partial charge in [0.1, 0.15) is 0 Å². The van der Waals surface area contributed by atoms with Crippen molar-refractivity contribution < 1.29 is 13.2 Å². The summed E-state index contributed by atoms with van der Waals surface area (Å²) in [6.07, 6.45) is 2.42. The number of nitrogens with one attached hydrogen (secondary N) is 1. The second-order valence-electron chi connectivity index (χ2n) is 6.61. The van der Waals surface area contributed by atoms with Crippen LogP contribution in [0.15, 0.2) is 54.6 Å². The SMILES string of the molecule is O=C(NCCCC1CCS(=O)(=O)C1)c1cccc(-c2ccccc2)c1. The van der Waals surface area contributed by atoms with Gasteiger partial charge in [0.05, 0.1) is 11.5 Å². The van der Waals surface area contributed by atoms with Crippen molar-refractivity contribution in [2.75, 3.05) is 18.1 Å². The molecule has 1 heterocycles. The molecule has 1 unspecified atom stereocenters. The Hall–Kier alpha value is -2.14. The van der Waals surface area contributed by atoms with Crippen LogP contribution in [0.2, 0.25) is 0 Å². The lowest BCUT2D eigenvalue weighted by Gasteiger charge is -2.09. The van der Waals surface area contributed by atoms with Crippen molar-refractivity contribution in [3.05, 3.63) is 60.2 Å². The molecule has 0 radical (unpaired) electrons. The van der Waals surface area contributed by atoms with E-state index >= 15 is 0 Å². The van der Waals surface area contributed by atoms with Crippen LogP contribution in [0.1, 0.15) is 29.6 Å². The van der Waals surface area contributed by atoms with Gasteiger partial charge < -0.3 is 5.32 Å². The molecule has 132 valence electrons. The van der Waals surface area contributed by atoms with Gasteiger partial charge in [-0.2, -0.15) is 0 Å². The van der Waals surface area contributed by atoms with E-state index in [0.717, 1.165) is 30.4 Å². The Kier molecular flexibility index (Phi) is 5.53. The maximum atomic E-state index is 12.3. The molecule has 0 saturated carbocycles. The van der Waals surface area contributed by atoms with Crippen LogP contribution in [-0.2, 0) is 9.84 Å². The highest BCUT2D eigenvalue weighted by molar-refractivity contribution is 7.91. The van der Waals surface area contributed by atoms with Crippen LogP contribution >= 0.6 is 0 Å². The van der Waals surface area contributed by atoms with Gasteiger partial charge in [-0.3, -0.25) is 4.79 Å². The highest BCUT2D eigenvalue weighted by Crippen LogP contribution is 2.23. The number of rotatable bonds is 6. The molecule has 1 fully saturated rings. The Morgan fingerprint density at radius 3 is 2.52 bits per heavy atom. The minimum absolute atomic E-state index is 0.0863. The molecule has 0 aromatic heterocycles. The average Bonchev–Trinajstić information content (AvgIpc) is 2.98. The van der Waals surface area contributed by atoms with Crippen LogP contribution in [0.25, 0.3) is 11.1 Å². The molecule has 0 aliphatic carbocycles. The number of sulfone groups is 1. The molecule has 2 aromatic carbocycles. The molecule has 3 rings (SSSR count). The van der Waals surface area contributed by atoms with Gasteiger partial charge in [-0.05, 0) is 48.4 Å². The number of benzene rings is 2. The van der Waals surface area contributed by atoms with Crippen molar-refractivity contribution in [3.8, 4) is 11.1 Å². The van der Waals surface area contributed by atoms with Crippen molar-refractivity contribution in [2.45, 2.75) is 19.3 Å². The quantitative estimate of drug-likeness (QED) is 0.807. The predicted molar refractivity (Wildman–Crippen MR) is 100 cm³/mol. The van der Waals surface area contributed by atoms with Crippen molar-refractivity contribution in [2.24, 2.45) is 5.92 Å². The smallest absolute Gasteiger partial charge is 0.251 e. The Bertz CT molecular complexity index is 831. The normalized spacial score (nSPS) is 18.8. The average molecular weight is 357 g/mol. The first-order valence-corrected chi connectivity index (χ1v) is 10.5. The summed E-state index contributed by atoms with van der Waals surface area (Å²) in [4.78, 5) is 12.3. The van der Waals surface area contributed by atoms with E-state index in [1.165, 1.54) is 0 Å². The van der Waals surface area contributed by atoms with Gasteiger partial charge in [-0.15, -0.1) is 0 Å². The van der Waals surface area contributed by atoms with Gasteiger partial charge in [-0.25, -0.2) is 8.42 Å². The highest BCUT2D eigenvalue weighted by atomic mass is 32.2. The van der Waals surface area contributed by atoms with Crippen molar-refractivity contribution in [3.63, 3.8) is 0 Å². The molecule has 1 N–H and O–H groups in total. The van der Waals surface area contributed by atoms with Crippen LogP contribution < -0.4 is 5.32 Å². The summed E-state index contributed by atoms with van der Waals surface area (Å²) in [5, 5.41) is 2.93. The largest absolute Gasteiger partial charge is 0.352 e. The summed E-state index contributed by atoms with van der Waals surface area (Å²) in [7, 11) is -2.81. The summed E-state index contributed by atoms with van der Waals surface area (Å²) in [5.74, 6) is 0.788. The van der Waals surface area contributed by atoms with E-state index in [9.17, 15) is 13.2 Å². The highest BCUT2D eigenvalue weighted by Gasteiger charge is 2.27. The Labute approximate surface area is 149 Å². The van der Waals surface area contributed by atoms with E-state index in [4.69, 9.17) is 0 Å². The molecule has 25 heavy (non-hydrogen) atoms. The molecular formula is C20H23NO3S. The van der Waals surface area contributed by atoms with E-state index < -0.39 is 9.84 Å². The molecule has 1 amide bonds. The zero-order chi connectivity index (χ0) is 17.7. The number of carbonyl (C=O) groups excluding carboxylic acids is 1. The summed E-state index contributed by atoms with van der Waals surface area (Å²) in [5.41, 5.74) is 2.74. The first kappa shape index (κ1) is 17.7. The van der Waals surface area contributed by atoms with Gasteiger partial charge in [0, 0.05) is 12.1 Å². The maximum absolute atomic E-state index is 12.3. The third kappa shape index (κ3) is 4.92. The Balaban J connectivity index is 1.50. The van der Waals surface area contributed by atoms with Crippen molar-refractivity contribution in [1.29, 1.82) is 0 Å².